The number of fused-ring (bicyclic) bond motifs is 5. The van der Waals surface area contributed by atoms with Gasteiger partial charge in [0.25, 0.3) is 0 Å². The van der Waals surface area contributed by atoms with Crippen molar-refractivity contribution in [1.29, 1.82) is 0 Å². The van der Waals surface area contributed by atoms with Crippen molar-refractivity contribution in [2.24, 2.45) is 0 Å². The summed E-state index contributed by atoms with van der Waals surface area (Å²) < 4.78 is 2.67. The van der Waals surface area contributed by atoms with Crippen LogP contribution in [-0.2, 0) is 24.2 Å². The molecular weight excluding hydrogens is 386 g/mol. The number of benzene rings is 1. The molecule has 1 aliphatic carbocycles. The Morgan fingerprint density at radius 2 is 2.03 bits per heavy atom. The Kier molecular flexibility index (Phi) is 4.24. The predicted molar refractivity (Wildman–Crippen MR) is 114 cm³/mol. The zero-order valence-corrected chi connectivity index (χ0v) is 17.2. The summed E-state index contributed by atoms with van der Waals surface area (Å²) >= 11 is 1.69. The van der Waals surface area contributed by atoms with Gasteiger partial charge in [0.05, 0.1) is 5.39 Å². The molecule has 0 bridgehead atoms. The third-order valence-electron chi connectivity index (χ3n) is 5.62. The molecule has 3 aromatic heterocycles. The number of carbonyl (C=O) groups is 1. The number of amides is 1. The van der Waals surface area contributed by atoms with Gasteiger partial charge >= 0.3 is 5.69 Å². The van der Waals surface area contributed by atoms with Crippen LogP contribution in [-0.4, -0.2) is 25.1 Å². The highest BCUT2D eigenvalue weighted by Gasteiger charge is 2.22. The fourth-order valence-electron chi connectivity index (χ4n) is 3.94. The smallest absolute Gasteiger partial charge is 0.324 e. The standard InChI is InChI=1S/C21H21N5O2S/c1-12-7-8-14(9-13(12)2)23-17(27)10-26-21(28)25-11-22-20-18(19(25)24-26)15-5-3-4-6-16(15)29-20/h7-9,11H,3-6,10H2,1-2H3,(H,23,27). The minimum atomic E-state index is -0.347. The van der Waals surface area contributed by atoms with E-state index in [9.17, 15) is 9.59 Å². The molecular formula is C21H21N5O2S. The van der Waals surface area contributed by atoms with E-state index in [0.29, 0.717) is 11.3 Å². The number of hydrogen-bond donors (Lipinski definition) is 1. The third-order valence-corrected chi connectivity index (χ3v) is 6.82. The van der Waals surface area contributed by atoms with Crippen molar-refractivity contribution in [3.05, 3.63) is 56.6 Å². The fraction of sp³-hybridized carbons (Fsp3) is 0.333. The van der Waals surface area contributed by atoms with Crippen LogP contribution >= 0.6 is 11.3 Å². The SMILES string of the molecule is Cc1ccc(NC(=O)Cn2nc3c4c5c(sc4ncn3c2=O)CCCC5)cc1C. The van der Waals surface area contributed by atoms with E-state index in [4.69, 9.17) is 0 Å². The van der Waals surface area contributed by atoms with Crippen LogP contribution in [0, 0.1) is 13.8 Å². The summed E-state index contributed by atoms with van der Waals surface area (Å²) in [6.07, 6.45) is 5.91. The molecule has 0 fully saturated rings. The molecule has 0 atom stereocenters. The molecule has 29 heavy (non-hydrogen) atoms. The zero-order chi connectivity index (χ0) is 20.1. The maximum Gasteiger partial charge on any atom is 0.352 e. The quantitative estimate of drug-likeness (QED) is 0.565. The van der Waals surface area contributed by atoms with Gasteiger partial charge in [-0.1, -0.05) is 6.07 Å². The number of aryl methyl sites for hydroxylation is 4. The second-order valence-electron chi connectivity index (χ2n) is 7.62. The van der Waals surface area contributed by atoms with Gasteiger partial charge in [-0.2, -0.15) is 0 Å². The highest BCUT2D eigenvalue weighted by Crippen LogP contribution is 2.36. The lowest BCUT2D eigenvalue weighted by molar-refractivity contribution is -0.117. The van der Waals surface area contributed by atoms with Gasteiger partial charge < -0.3 is 5.32 Å². The van der Waals surface area contributed by atoms with E-state index in [1.165, 1.54) is 32.3 Å². The Balaban J connectivity index is 1.50. The van der Waals surface area contributed by atoms with Gasteiger partial charge in [0.15, 0.2) is 5.65 Å². The maximum atomic E-state index is 12.8. The van der Waals surface area contributed by atoms with E-state index in [0.717, 1.165) is 40.6 Å². The topological polar surface area (TPSA) is 81.3 Å². The van der Waals surface area contributed by atoms with Gasteiger partial charge in [0.1, 0.15) is 17.7 Å². The zero-order valence-electron chi connectivity index (χ0n) is 16.4. The lowest BCUT2D eigenvalue weighted by atomic mass is 9.97. The Hall–Kier alpha value is -3.00. The molecule has 1 N–H and O–H groups in total. The van der Waals surface area contributed by atoms with Crippen LogP contribution in [0.25, 0.3) is 15.9 Å². The summed E-state index contributed by atoms with van der Waals surface area (Å²) in [5.74, 6) is -0.282. The molecule has 1 amide bonds. The van der Waals surface area contributed by atoms with Crippen molar-refractivity contribution in [2.75, 3.05) is 5.32 Å². The number of nitrogens with one attached hydrogen (secondary N) is 1. The Bertz CT molecular complexity index is 1330. The molecule has 0 saturated carbocycles. The molecule has 0 spiro atoms. The predicted octanol–water partition coefficient (Wildman–Crippen LogP) is 3.24. The van der Waals surface area contributed by atoms with Gasteiger partial charge in [-0.25, -0.2) is 18.9 Å². The van der Waals surface area contributed by atoms with Crippen molar-refractivity contribution >= 4 is 38.8 Å². The monoisotopic (exact) mass is 407 g/mol. The molecule has 8 heteroatoms. The number of aromatic nitrogens is 4. The van der Waals surface area contributed by atoms with Crippen molar-refractivity contribution in [1.82, 2.24) is 19.2 Å². The normalized spacial score (nSPS) is 13.7. The Morgan fingerprint density at radius 1 is 1.21 bits per heavy atom. The average Bonchev–Trinajstić information content (AvgIpc) is 3.22. The van der Waals surface area contributed by atoms with Crippen molar-refractivity contribution in [3.8, 4) is 0 Å². The van der Waals surface area contributed by atoms with Crippen LogP contribution in [0.2, 0.25) is 0 Å². The number of anilines is 1. The molecule has 1 aromatic carbocycles. The Morgan fingerprint density at radius 3 is 2.86 bits per heavy atom. The molecule has 148 valence electrons. The van der Waals surface area contributed by atoms with Gasteiger partial charge in [-0.3, -0.25) is 4.79 Å². The van der Waals surface area contributed by atoms with E-state index >= 15 is 0 Å². The number of rotatable bonds is 3. The average molecular weight is 407 g/mol. The van der Waals surface area contributed by atoms with Gasteiger partial charge in [-0.05, 0) is 68.4 Å². The highest BCUT2D eigenvalue weighted by atomic mass is 32.1. The molecule has 0 aliphatic heterocycles. The molecule has 4 aromatic rings. The van der Waals surface area contributed by atoms with Gasteiger partial charge in [0, 0.05) is 10.6 Å². The molecule has 0 saturated heterocycles. The first-order valence-corrected chi connectivity index (χ1v) is 10.6. The van der Waals surface area contributed by atoms with Crippen LogP contribution in [0.3, 0.4) is 0 Å². The van der Waals surface area contributed by atoms with E-state index in [1.54, 1.807) is 11.3 Å². The number of nitrogens with zero attached hydrogens (tertiary/aromatic N) is 4. The first-order chi connectivity index (χ1) is 14.0. The van der Waals surface area contributed by atoms with E-state index < -0.39 is 0 Å². The first-order valence-electron chi connectivity index (χ1n) is 9.77. The molecule has 0 unspecified atom stereocenters. The van der Waals surface area contributed by atoms with Crippen molar-refractivity contribution in [2.45, 2.75) is 46.1 Å². The second-order valence-corrected chi connectivity index (χ2v) is 8.70. The summed E-state index contributed by atoms with van der Waals surface area (Å²) in [5, 5.41) is 8.33. The Labute approximate surface area is 171 Å². The molecule has 1 aliphatic rings. The summed E-state index contributed by atoms with van der Waals surface area (Å²) in [4.78, 5) is 32.1. The molecule has 3 heterocycles. The minimum Gasteiger partial charge on any atom is -0.324 e. The van der Waals surface area contributed by atoms with Gasteiger partial charge in [-0.15, -0.1) is 16.4 Å². The largest absolute Gasteiger partial charge is 0.352 e. The fourth-order valence-corrected chi connectivity index (χ4v) is 5.16. The van der Waals surface area contributed by atoms with E-state index in [-0.39, 0.29) is 18.1 Å². The lowest BCUT2D eigenvalue weighted by Crippen LogP contribution is -2.28. The molecule has 7 nitrogen and oxygen atoms in total. The van der Waals surface area contributed by atoms with Crippen molar-refractivity contribution in [3.63, 3.8) is 0 Å². The van der Waals surface area contributed by atoms with Crippen molar-refractivity contribution < 1.29 is 4.79 Å². The summed E-state index contributed by atoms with van der Waals surface area (Å²) in [6, 6.07) is 5.74. The first kappa shape index (κ1) is 18.1. The van der Waals surface area contributed by atoms with E-state index in [1.807, 2.05) is 32.0 Å². The summed E-state index contributed by atoms with van der Waals surface area (Å²) in [5.41, 5.74) is 4.49. The van der Waals surface area contributed by atoms with Gasteiger partial charge in [0.2, 0.25) is 5.91 Å². The molecule has 0 radical (unpaired) electrons. The van der Waals surface area contributed by atoms with E-state index in [2.05, 4.69) is 15.4 Å². The minimum absolute atomic E-state index is 0.138. The molecule has 5 rings (SSSR count). The van der Waals surface area contributed by atoms with Crippen LogP contribution in [0.4, 0.5) is 5.69 Å². The van der Waals surface area contributed by atoms with Crippen LogP contribution in [0.5, 0.6) is 0 Å². The number of hydrogen-bond acceptors (Lipinski definition) is 5. The summed E-state index contributed by atoms with van der Waals surface area (Å²) in [7, 11) is 0. The number of carbonyl (C=O) groups excluding carboxylic acids is 1. The summed E-state index contributed by atoms with van der Waals surface area (Å²) in [6.45, 7) is 3.88. The van der Waals surface area contributed by atoms with Crippen LogP contribution in [0.1, 0.15) is 34.4 Å². The highest BCUT2D eigenvalue weighted by molar-refractivity contribution is 7.19. The maximum absolute atomic E-state index is 12.8. The third kappa shape index (κ3) is 3.04. The van der Waals surface area contributed by atoms with Crippen LogP contribution in [0.15, 0.2) is 29.3 Å². The van der Waals surface area contributed by atoms with Crippen LogP contribution < -0.4 is 11.0 Å². The lowest BCUT2D eigenvalue weighted by Gasteiger charge is -2.09. The number of thiophene rings is 1. The second kappa shape index (κ2) is 6.81.